The summed E-state index contributed by atoms with van der Waals surface area (Å²) in [4.78, 5) is 13.0. The highest BCUT2D eigenvalue weighted by atomic mass is 32.2. The number of carboxylic acid groups (broad SMARTS) is 1. The maximum atomic E-state index is 10.8. The van der Waals surface area contributed by atoms with E-state index in [0.29, 0.717) is 25.3 Å². The summed E-state index contributed by atoms with van der Waals surface area (Å²) >= 11 is 1.25. The minimum Gasteiger partial charge on any atom is -0.481 e. The number of carboxylic acids is 1. The number of thioether (sulfide) groups is 1. The lowest BCUT2D eigenvalue weighted by Gasteiger charge is -2.35. The van der Waals surface area contributed by atoms with E-state index < -0.39 is 5.97 Å². The number of nitrogens with zero attached hydrogens (tertiary/aromatic N) is 4. The molecule has 0 amide bonds. The Bertz CT molecular complexity index is 518. The van der Waals surface area contributed by atoms with E-state index in [4.69, 9.17) is 9.84 Å². The Morgan fingerprint density at radius 3 is 2.95 bits per heavy atom. The zero-order chi connectivity index (χ0) is 14.8. The summed E-state index contributed by atoms with van der Waals surface area (Å²) in [5, 5.41) is 18.1. The zero-order valence-electron chi connectivity index (χ0n) is 12.1. The third-order valence-corrected chi connectivity index (χ3v) is 4.77. The number of hydrogen-bond acceptors (Lipinski definition) is 6. The molecule has 0 radical (unpaired) electrons. The number of anilines is 1. The highest BCUT2D eigenvalue weighted by Crippen LogP contribution is 2.41. The Morgan fingerprint density at radius 1 is 1.48 bits per heavy atom. The van der Waals surface area contributed by atoms with Crippen LogP contribution in [-0.4, -0.2) is 57.4 Å². The van der Waals surface area contributed by atoms with Gasteiger partial charge in [0.1, 0.15) is 0 Å². The van der Waals surface area contributed by atoms with E-state index in [2.05, 4.69) is 26.6 Å². The van der Waals surface area contributed by atoms with Crippen molar-refractivity contribution in [3.05, 3.63) is 0 Å². The molecular formula is C13H20N4O3S. The predicted molar refractivity (Wildman–Crippen MR) is 78.9 cm³/mol. The van der Waals surface area contributed by atoms with Crippen molar-refractivity contribution >= 4 is 23.7 Å². The van der Waals surface area contributed by atoms with E-state index in [1.807, 2.05) is 0 Å². The van der Waals surface area contributed by atoms with Gasteiger partial charge in [-0.15, -0.1) is 10.2 Å². The van der Waals surface area contributed by atoms with Gasteiger partial charge in [-0.25, -0.2) is 0 Å². The van der Waals surface area contributed by atoms with Crippen molar-refractivity contribution in [1.82, 2.24) is 14.8 Å². The highest BCUT2D eigenvalue weighted by Gasteiger charge is 2.34. The number of hydrogen-bond donors (Lipinski definition) is 1. The van der Waals surface area contributed by atoms with Crippen LogP contribution in [0.1, 0.15) is 32.2 Å². The fourth-order valence-electron chi connectivity index (χ4n) is 2.60. The third kappa shape index (κ3) is 3.16. The summed E-state index contributed by atoms with van der Waals surface area (Å²) in [6.45, 7) is 4.37. The van der Waals surface area contributed by atoms with Gasteiger partial charge in [0.25, 0.3) is 0 Å². The Kier molecular flexibility index (Phi) is 4.34. The smallest absolute Gasteiger partial charge is 0.313 e. The molecule has 2 fully saturated rings. The molecule has 7 nitrogen and oxygen atoms in total. The first-order chi connectivity index (χ1) is 10.2. The number of morpholine rings is 1. The van der Waals surface area contributed by atoms with Crippen LogP contribution in [0, 0.1) is 0 Å². The second-order valence-electron chi connectivity index (χ2n) is 5.40. The monoisotopic (exact) mass is 312 g/mol. The lowest BCUT2D eigenvalue weighted by molar-refractivity contribution is -0.133. The molecule has 1 saturated carbocycles. The van der Waals surface area contributed by atoms with Crippen LogP contribution in [0.15, 0.2) is 5.16 Å². The molecular weight excluding hydrogens is 292 g/mol. The number of rotatable bonds is 6. The first-order valence-corrected chi connectivity index (χ1v) is 8.33. The van der Waals surface area contributed by atoms with Crippen LogP contribution >= 0.6 is 11.8 Å². The van der Waals surface area contributed by atoms with Gasteiger partial charge >= 0.3 is 5.97 Å². The summed E-state index contributed by atoms with van der Waals surface area (Å²) in [5.41, 5.74) is 0. The molecule has 1 aliphatic heterocycles. The van der Waals surface area contributed by atoms with E-state index in [9.17, 15) is 4.79 Å². The molecule has 0 spiro atoms. The normalized spacial score (nSPS) is 22.5. The molecule has 1 aromatic heterocycles. The summed E-state index contributed by atoms with van der Waals surface area (Å²) in [5.74, 6) is 0.0655. The number of carbonyl (C=O) groups is 1. The van der Waals surface area contributed by atoms with Crippen molar-refractivity contribution in [3.8, 4) is 0 Å². The van der Waals surface area contributed by atoms with Crippen LogP contribution in [0.4, 0.5) is 5.95 Å². The molecule has 0 aromatic carbocycles. The van der Waals surface area contributed by atoms with E-state index in [0.717, 1.165) is 36.9 Å². The maximum Gasteiger partial charge on any atom is 0.313 e. The van der Waals surface area contributed by atoms with Crippen molar-refractivity contribution in [1.29, 1.82) is 0 Å². The van der Waals surface area contributed by atoms with Gasteiger partial charge in [0.15, 0.2) is 5.16 Å². The van der Waals surface area contributed by atoms with E-state index >= 15 is 0 Å². The summed E-state index contributed by atoms with van der Waals surface area (Å²) in [6, 6.07) is 0.740. The molecule has 2 aliphatic rings. The molecule has 8 heteroatoms. The molecule has 1 unspecified atom stereocenters. The molecule has 1 atom stereocenters. The van der Waals surface area contributed by atoms with Gasteiger partial charge in [-0.3, -0.25) is 9.36 Å². The highest BCUT2D eigenvalue weighted by molar-refractivity contribution is 7.99. The quantitative estimate of drug-likeness (QED) is 0.795. The van der Waals surface area contributed by atoms with Crippen molar-refractivity contribution in [2.75, 3.05) is 30.4 Å². The van der Waals surface area contributed by atoms with Crippen molar-refractivity contribution in [3.63, 3.8) is 0 Å². The van der Waals surface area contributed by atoms with Gasteiger partial charge in [0.05, 0.1) is 25.0 Å². The topological polar surface area (TPSA) is 80.5 Å². The Balaban J connectivity index is 1.85. The first-order valence-electron chi connectivity index (χ1n) is 7.34. The molecule has 1 saturated heterocycles. The van der Waals surface area contributed by atoms with Crippen LogP contribution < -0.4 is 4.90 Å². The zero-order valence-corrected chi connectivity index (χ0v) is 12.9. The van der Waals surface area contributed by atoms with Gasteiger partial charge in [0.2, 0.25) is 5.95 Å². The Labute approximate surface area is 127 Å². The molecule has 1 aromatic rings. The van der Waals surface area contributed by atoms with Gasteiger partial charge < -0.3 is 14.7 Å². The third-order valence-electron chi connectivity index (χ3n) is 3.84. The fraction of sp³-hybridized carbons (Fsp3) is 0.769. The van der Waals surface area contributed by atoms with Gasteiger partial charge in [0, 0.05) is 12.6 Å². The van der Waals surface area contributed by atoms with Crippen LogP contribution in [0.5, 0.6) is 0 Å². The number of ether oxygens (including phenoxy) is 1. The predicted octanol–water partition coefficient (Wildman–Crippen LogP) is 1.40. The molecule has 3 rings (SSSR count). The number of aromatic nitrogens is 3. The Hall–Kier alpha value is -1.28. The Morgan fingerprint density at radius 2 is 2.29 bits per heavy atom. The summed E-state index contributed by atoms with van der Waals surface area (Å²) < 4.78 is 7.67. The molecule has 21 heavy (non-hydrogen) atoms. The largest absolute Gasteiger partial charge is 0.481 e. The second kappa shape index (κ2) is 6.23. The van der Waals surface area contributed by atoms with Crippen molar-refractivity contribution < 1.29 is 14.6 Å². The average molecular weight is 312 g/mol. The molecule has 0 bridgehead atoms. The minimum atomic E-state index is -0.829. The maximum absolute atomic E-state index is 10.8. The van der Waals surface area contributed by atoms with Crippen LogP contribution in [0.2, 0.25) is 0 Å². The van der Waals surface area contributed by atoms with E-state index in [-0.39, 0.29) is 5.75 Å². The molecule has 1 N–H and O–H groups in total. The summed E-state index contributed by atoms with van der Waals surface area (Å²) in [6.07, 6.45) is 3.23. The van der Waals surface area contributed by atoms with Gasteiger partial charge in [-0.2, -0.15) is 0 Å². The van der Waals surface area contributed by atoms with E-state index in [1.54, 1.807) is 0 Å². The summed E-state index contributed by atoms with van der Waals surface area (Å²) in [7, 11) is 0. The average Bonchev–Trinajstić information content (AvgIpc) is 3.24. The van der Waals surface area contributed by atoms with Gasteiger partial charge in [-0.1, -0.05) is 18.7 Å². The fourth-order valence-corrected chi connectivity index (χ4v) is 3.32. The molecule has 1 aliphatic carbocycles. The first kappa shape index (κ1) is 14.6. The van der Waals surface area contributed by atoms with E-state index in [1.165, 1.54) is 11.8 Å². The standard InChI is InChI=1S/C13H20N4O3S/c1-2-9-7-20-6-5-16(9)12-14-15-13(21-8-11(18)19)17(12)10-3-4-10/h9-10H,2-8H2,1H3,(H,18,19). The molecule has 116 valence electrons. The second-order valence-corrected chi connectivity index (χ2v) is 6.34. The van der Waals surface area contributed by atoms with Crippen molar-refractivity contribution in [2.24, 2.45) is 0 Å². The van der Waals surface area contributed by atoms with Gasteiger partial charge in [-0.05, 0) is 19.3 Å². The lowest BCUT2D eigenvalue weighted by Crippen LogP contribution is -2.46. The lowest BCUT2D eigenvalue weighted by atomic mass is 10.2. The van der Waals surface area contributed by atoms with Crippen LogP contribution in [0.25, 0.3) is 0 Å². The number of aliphatic carboxylic acids is 1. The minimum absolute atomic E-state index is 0.0190. The van der Waals surface area contributed by atoms with Crippen LogP contribution in [0.3, 0.4) is 0 Å². The molecule has 2 heterocycles. The van der Waals surface area contributed by atoms with Crippen LogP contribution in [-0.2, 0) is 9.53 Å². The van der Waals surface area contributed by atoms with Crippen molar-refractivity contribution in [2.45, 2.75) is 43.4 Å². The SMILES string of the molecule is CCC1COCCN1c1nnc(SCC(=O)O)n1C1CC1.